The van der Waals surface area contributed by atoms with E-state index < -0.39 is 0 Å². The lowest BCUT2D eigenvalue weighted by molar-refractivity contribution is 0.565. The van der Waals surface area contributed by atoms with Crippen LogP contribution in [0.15, 0.2) is 41.3 Å². The molecule has 0 aliphatic carbocycles. The predicted octanol–water partition coefficient (Wildman–Crippen LogP) is 4.77. The second kappa shape index (κ2) is 8.63. The van der Waals surface area contributed by atoms with Gasteiger partial charge >= 0.3 is 0 Å². The fourth-order valence-corrected chi connectivity index (χ4v) is 2.78. The molecule has 0 bridgehead atoms. The molecule has 0 aromatic heterocycles. The summed E-state index contributed by atoms with van der Waals surface area (Å²) in [6, 6.07) is 8.53. The first kappa shape index (κ1) is 15.6. The topological polar surface area (TPSA) is 12.0 Å². The second-order valence-corrected chi connectivity index (χ2v) is 5.86. The Kier molecular flexibility index (Phi) is 7.48. The van der Waals surface area contributed by atoms with Gasteiger partial charge in [0.15, 0.2) is 0 Å². The maximum Gasteiger partial charge on any atom is 0.0406 e. The number of nitrogens with one attached hydrogen (secondary N) is 1. The van der Waals surface area contributed by atoms with Gasteiger partial charge in [0.05, 0.1) is 0 Å². The zero-order valence-electron chi connectivity index (χ0n) is 11.2. The molecular weight excluding hydrogens is 262 g/mol. The molecule has 1 aromatic rings. The molecule has 0 fully saturated rings. The molecular formula is C15H22ClNS. The second-order valence-electron chi connectivity index (χ2n) is 4.33. The average molecular weight is 284 g/mol. The van der Waals surface area contributed by atoms with Crippen molar-refractivity contribution in [1.29, 1.82) is 0 Å². The van der Waals surface area contributed by atoms with Crippen LogP contribution in [0.25, 0.3) is 0 Å². The van der Waals surface area contributed by atoms with E-state index in [1.54, 1.807) is 0 Å². The molecule has 1 atom stereocenters. The summed E-state index contributed by atoms with van der Waals surface area (Å²) in [5.74, 6) is 1.06. The quantitative estimate of drug-likeness (QED) is 0.545. The van der Waals surface area contributed by atoms with Crippen LogP contribution in [0.3, 0.4) is 0 Å². The molecule has 1 N–H and O–H groups in total. The number of thioether (sulfide) groups is 1. The van der Waals surface area contributed by atoms with Gasteiger partial charge in [-0.2, -0.15) is 0 Å². The van der Waals surface area contributed by atoms with Gasteiger partial charge < -0.3 is 5.32 Å². The van der Waals surface area contributed by atoms with Crippen molar-refractivity contribution < 1.29 is 0 Å². The number of rotatable bonds is 8. The van der Waals surface area contributed by atoms with Gasteiger partial charge in [-0.3, -0.25) is 0 Å². The van der Waals surface area contributed by atoms with Crippen molar-refractivity contribution >= 4 is 23.4 Å². The molecule has 18 heavy (non-hydrogen) atoms. The summed E-state index contributed by atoms with van der Waals surface area (Å²) in [6.07, 6.45) is 2.12. The first-order chi connectivity index (χ1) is 8.65. The molecule has 0 aliphatic heterocycles. The minimum absolute atomic E-state index is 0.503. The predicted molar refractivity (Wildman–Crippen MR) is 83.7 cm³/mol. The van der Waals surface area contributed by atoms with E-state index in [0.29, 0.717) is 6.04 Å². The van der Waals surface area contributed by atoms with Crippen molar-refractivity contribution in [1.82, 2.24) is 5.32 Å². The third-order valence-corrected chi connectivity index (χ3v) is 4.22. The molecule has 0 heterocycles. The molecule has 0 aliphatic rings. The summed E-state index contributed by atoms with van der Waals surface area (Å²) in [6.45, 7) is 9.41. The highest BCUT2D eigenvalue weighted by atomic mass is 35.5. The monoisotopic (exact) mass is 283 g/mol. The van der Waals surface area contributed by atoms with E-state index >= 15 is 0 Å². The summed E-state index contributed by atoms with van der Waals surface area (Å²) >= 11 is 7.75. The number of halogens is 1. The van der Waals surface area contributed by atoms with Gasteiger partial charge in [0.1, 0.15) is 0 Å². The van der Waals surface area contributed by atoms with Crippen LogP contribution in [0.2, 0.25) is 5.02 Å². The van der Waals surface area contributed by atoms with Gasteiger partial charge in [0, 0.05) is 21.7 Å². The van der Waals surface area contributed by atoms with E-state index in [0.717, 1.165) is 30.2 Å². The Morgan fingerprint density at radius 3 is 2.56 bits per heavy atom. The molecule has 0 amide bonds. The van der Waals surface area contributed by atoms with Crippen LogP contribution in [0, 0.1) is 0 Å². The zero-order chi connectivity index (χ0) is 13.4. The minimum atomic E-state index is 0.503. The summed E-state index contributed by atoms with van der Waals surface area (Å²) in [5, 5.41) is 4.32. The maximum atomic E-state index is 5.88. The molecule has 1 aromatic carbocycles. The van der Waals surface area contributed by atoms with Gasteiger partial charge in [-0.1, -0.05) is 37.6 Å². The Bertz CT molecular complexity index is 361. The van der Waals surface area contributed by atoms with Crippen molar-refractivity contribution in [3.63, 3.8) is 0 Å². The lowest BCUT2D eigenvalue weighted by atomic mass is 10.1. The lowest BCUT2D eigenvalue weighted by Crippen LogP contribution is -2.31. The van der Waals surface area contributed by atoms with Crippen LogP contribution in [-0.2, 0) is 0 Å². The number of benzene rings is 1. The van der Waals surface area contributed by atoms with Crippen molar-refractivity contribution in [2.45, 2.75) is 37.6 Å². The Balaban J connectivity index is 2.45. The van der Waals surface area contributed by atoms with Gasteiger partial charge in [-0.25, -0.2) is 0 Å². The highest BCUT2D eigenvalue weighted by molar-refractivity contribution is 7.99. The summed E-state index contributed by atoms with van der Waals surface area (Å²) in [4.78, 5) is 1.27. The van der Waals surface area contributed by atoms with Crippen LogP contribution in [-0.4, -0.2) is 18.3 Å². The molecule has 1 rings (SSSR count). The van der Waals surface area contributed by atoms with Crippen LogP contribution in [0.1, 0.15) is 26.7 Å². The Labute approximate surface area is 120 Å². The first-order valence-corrected chi connectivity index (χ1v) is 7.80. The molecule has 1 unspecified atom stereocenters. The van der Waals surface area contributed by atoms with E-state index in [-0.39, 0.29) is 0 Å². The van der Waals surface area contributed by atoms with Crippen molar-refractivity contribution in [3.05, 3.63) is 41.4 Å². The fraction of sp³-hybridized carbons (Fsp3) is 0.467. The summed E-state index contributed by atoms with van der Waals surface area (Å²) in [7, 11) is 0. The normalized spacial score (nSPS) is 12.4. The molecule has 0 saturated heterocycles. The zero-order valence-corrected chi connectivity index (χ0v) is 12.8. The minimum Gasteiger partial charge on any atom is -0.313 e. The van der Waals surface area contributed by atoms with Crippen LogP contribution in [0.5, 0.6) is 0 Å². The molecule has 100 valence electrons. The molecule has 0 saturated carbocycles. The largest absolute Gasteiger partial charge is 0.313 e. The van der Waals surface area contributed by atoms with Crippen LogP contribution >= 0.6 is 23.4 Å². The third kappa shape index (κ3) is 5.94. The SMILES string of the molecule is C=C(CC)CC(CSc1ccc(Cl)cc1)NCC. The smallest absolute Gasteiger partial charge is 0.0406 e. The van der Waals surface area contributed by atoms with Gasteiger partial charge in [0.25, 0.3) is 0 Å². The number of hydrogen-bond acceptors (Lipinski definition) is 2. The van der Waals surface area contributed by atoms with E-state index in [1.807, 2.05) is 23.9 Å². The Hall–Kier alpha value is -0.440. The maximum absolute atomic E-state index is 5.88. The Morgan fingerprint density at radius 2 is 2.00 bits per heavy atom. The van der Waals surface area contributed by atoms with Gasteiger partial charge in [-0.15, -0.1) is 11.8 Å². The summed E-state index contributed by atoms with van der Waals surface area (Å²) < 4.78 is 0. The van der Waals surface area contributed by atoms with Crippen molar-refractivity contribution in [2.24, 2.45) is 0 Å². The van der Waals surface area contributed by atoms with E-state index in [2.05, 4.69) is 37.9 Å². The molecule has 3 heteroatoms. The standard InChI is InChI=1S/C15H22ClNS/c1-4-12(3)10-14(17-5-2)11-18-15-8-6-13(16)7-9-15/h6-9,14,17H,3-5,10-11H2,1-2H3. The summed E-state index contributed by atoms with van der Waals surface area (Å²) in [5.41, 5.74) is 1.32. The van der Waals surface area contributed by atoms with Crippen molar-refractivity contribution in [3.8, 4) is 0 Å². The van der Waals surface area contributed by atoms with Crippen molar-refractivity contribution in [2.75, 3.05) is 12.3 Å². The highest BCUT2D eigenvalue weighted by Gasteiger charge is 2.09. The third-order valence-electron chi connectivity index (χ3n) is 2.79. The van der Waals surface area contributed by atoms with Gasteiger partial charge in [0.2, 0.25) is 0 Å². The van der Waals surface area contributed by atoms with E-state index in [9.17, 15) is 0 Å². The van der Waals surface area contributed by atoms with Gasteiger partial charge in [-0.05, 0) is 43.7 Å². The van der Waals surface area contributed by atoms with E-state index in [4.69, 9.17) is 11.6 Å². The van der Waals surface area contributed by atoms with Crippen LogP contribution < -0.4 is 5.32 Å². The molecule has 0 radical (unpaired) electrons. The van der Waals surface area contributed by atoms with E-state index in [1.165, 1.54) is 10.5 Å². The highest BCUT2D eigenvalue weighted by Crippen LogP contribution is 2.22. The Morgan fingerprint density at radius 1 is 1.33 bits per heavy atom. The average Bonchev–Trinajstić information content (AvgIpc) is 2.38. The fourth-order valence-electron chi connectivity index (χ4n) is 1.70. The van der Waals surface area contributed by atoms with Crippen LogP contribution in [0.4, 0.5) is 0 Å². The molecule has 0 spiro atoms. The first-order valence-electron chi connectivity index (χ1n) is 6.44. The molecule has 1 nitrogen and oxygen atoms in total. The number of hydrogen-bond donors (Lipinski definition) is 1. The lowest BCUT2D eigenvalue weighted by Gasteiger charge is -2.18.